The summed E-state index contributed by atoms with van der Waals surface area (Å²) in [6.45, 7) is 8.96. The topological polar surface area (TPSA) is 86.4 Å². The van der Waals surface area contributed by atoms with Crippen molar-refractivity contribution in [1.29, 1.82) is 0 Å². The third-order valence-corrected chi connectivity index (χ3v) is 8.74. The number of amides is 2. The van der Waals surface area contributed by atoms with Crippen LogP contribution in [0.4, 0.5) is 0 Å². The number of ketones is 1. The molecule has 0 spiro atoms. The van der Waals surface area contributed by atoms with Crippen molar-refractivity contribution in [2.75, 3.05) is 13.1 Å². The van der Waals surface area contributed by atoms with E-state index < -0.39 is 11.3 Å². The van der Waals surface area contributed by atoms with Crippen LogP contribution in [0.2, 0.25) is 0 Å². The van der Waals surface area contributed by atoms with Gasteiger partial charge < -0.3 is 14.8 Å². The highest BCUT2D eigenvalue weighted by molar-refractivity contribution is 6.01. The number of Topliss-reactive ketones (excluding diaryl/α,β-unsaturated/α-hetero) is 1. The van der Waals surface area contributed by atoms with Crippen LogP contribution in [0.15, 0.2) is 72.9 Å². The van der Waals surface area contributed by atoms with Crippen LogP contribution in [-0.4, -0.2) is 62.5 Å². The molecule has 2 aliphatic rings. The molecule has 6 rings (SSSR count). The molecular formula is C34H36N4O3. The van der Waals surface area contributed by atoms with E-state index in [4.69, 9.17) is 0 Å². The summed E-state index contributed by atoms with van der Waals surface area (Å²) >= 11 is 0. The van der Waals surface area contributed by atoms with Gasteiger partial charge in [0.15, 0.2) is 5.78 Å². The number of nitrogens with one attached hydrogen (secondary N) is 1. The van der Waals surface area contributed by atoms with Gasteiger partial charge in [-0.05, 0) is 48.1 Å². The summed E-state index contributed by atoms with van der Waals surface area (Å²) in [6, 6.07) is 21.6. The number of carbonyl (C=O) groups excluding carboxylic acids is 3. The van der Waals surface area contributed by atoms with Crippen LogP contribution in [-0.2, 0) is 4.79 Å². The largest absolute Gasteiger partial charge is 0.352 e. The van der Waals surface area contributed by atoms with Crippen LogP contribution in [0.5, 0.6) is 0 Å². The fourth-order valence-electron chi connectivity index (χ4n) is 6.39. The lowest BCUT2D eigenvalue weighted by Crippen LogP contribution is -2.53. The molecule has 0 saturated carbocycles. The molecule has 4 aromatic rings. The van der Waals surface area contributed by atoms with Gasteiger partial charge in [0.05, 0.1) is 23.7 Å². The monoisotopic (exact) mass is 548 g/mol. The smallest absolute Gasteiger partial charge is 0.273 e. The molecule has 2 fully saturated rings. The predicted octanol–water partition coefficient (Wildman–Crippen LogP) is 5.90. The number of benzene rings is 2. The van der Waals surface area contributed by atoms with Crippen molar-refractivity contribution in [3.05, 3.63) is 89.9 Å². The standard InChI is InChI=1S/C34H36N4O3/c1-21-14-24(22-10-6-5-7-11-22)18-35-31(21)33(41)38-20-25-16-26(38)19-37(25)32(40)27(34(2,3)4)17-30(39)29-15-23-12-8-9-13-28(23)36-29/h5-15,18,25-27,36H,16-17,19-20H2,1-4H3/t25-,26-,27+/m0/s1. The number of aromatic nitrogens is 2. The highest BCUT2D eigenvalue weighted by Crippen LogP contribution is 2.38. The predicted molar refractivity (Wildman–Crippen MR) is 160 cm³/mol. The zero-order valence-corrected chi connectivity index (χ0v) is 24.1. The number of carbonyl (C=O) groups is 3. The summed E-state index contributed by atoms with van der Waals surface area (Å²) in [4.78, 5) is 52.4. The van der Waals surface area contributed by atoms with Gasteiger partial charge in [-0.3, -0.25) is 19.4 Å². The summed E-state index contributed by atoms with van der Waals surface area (Å²) in [6.07, 6.45) is 2.66. The fraction of sp³-hybridized carbons (Fsp3) is 0.353. The Kier molecular flexibility index (Phi) is 6.76. The number of hydrogen-bond acceptors (Lipinski definition) is 4. The molecule has 0 unspecified atom stereocenters. The summed E-state index contributed by atoms with van der Waals surface area (Å²) in [5.74, 6) is -0.596. The second-order valence-electron chi connectivity index (χ2n) is 12.6. The van der Waals surface area contributed by atoms with Crippen molar-refractivity contribution in [3.8, 4) is 11.1 Å². The Labute approximate surface area is 240 Å². The summed E-state index contributed by atoms with van der Waals surface area (Å²) in [5.41, 5.74) is 4.41. The van der Waals surface area contributed by atoms with Gasteiger partial charge in [-0.1, -0.05) is 69.3 Å². The van der Waals surface area contributed by atoms with Crippen LogP contribution in [0.1, 0.15) is 60.2 Å². The van der Waals surface area contributed by atoms with E-state index in [-0.39, 0.29) is 36.1 Å². The second kappa shape index (κ2) is 10.3. The number of hydrogen-bond donors (Lipinski definition) is 1. The van der Waals surface area contributed by atoms with Crippen LogP contribution in [0.3, 0.4) is 0 Å². The van der Waals surface area contributed by atoms with E-state index in [0.717, 1.165) is 34.0 Å². The molecule has 7 nitrogen and oxygen atoms in total. The second-order valence-corrected chi connectivity index (χ2v) is 12.6. The first kappa shape index (κ1) is 26.9. The molecule has 2 bridgehead atoms. The van der Waals surface area contributed by atoms with Gasteiger partial charge in [0.2, 0.25) is 5.91 Å². The number of nitrogens with zero attached hydrogens (tertiary/aromatic N) is 3. The average molecular weight is 549 g/mol. The number of aryl methyl sites for hydroxylation is 1. The normalized spacial score (nSPS) is 19.1. The highest BCUT2D eigenvalue weighted by Gasteiger charge is 2.50. The maximum Gasteiger partial charge on any atom is 0.273 e. The molecule has 1 N–H and O–H groups in total. The molecule has 7 heteroatoms. The maximum atomic E-state index is 13.9. The minimum absolute atomic E-state index is 0.00285. The van der Waals surface area contributed by atoms with E-state index in [9.17, 15) is 14.4 Å². The van der Waals surface area contributed by atoms with Gasteiger partial charge in [-0.2, -0.15) is 0 Å². The van der Waals surface area contributed by atoms with Gasteiger partial charge >= 0.3 is 0 Å². The first-order chi connectivity index (χ1) is 19.6. The lowest BCUT2D eigenvalue weighted by molar-refractivity contribution is -0.141. The average Bonchev–Trinajstić information content (AvgIpc) is 3.69. The Balaban J connectivity index is 1.15. The Morgan fingerprint density at radius 2 is 1.61 bits per heavy atom. The third kappa shape index (κ3) is 5.05. The molecule has 41 heavy (non-hydrogen) atoms. The molecule has 2 aromatic heterocycles. The zero-order valence-electron chi connectivity index (χ0n) is 24.1. The van der Waals surface area contributed by atoms with Crippen molar-refractivity contribution in [2.24, 2.45) is 11.3 Å². The number of aromatic amines is 1. The molecule has 0 aliphatic carbocycles. The van der Waals surface area contributed by atoms with Gasteiger partial charge in [0.1, 0.15) is 5.69 Å². The quantitative estimate of drug-likeness (QED) is 0.304. The SMILES string of the molecule is Cc1cc(-c2ccccc2)cnc1C(=O)N1C[C@@H]2C[C@H]1CN2C(=O)[C@@H](CC(=O)c1cc2ccccc2[nH]1)C(C)(C)C. The van der Waals surface area contributed by atoms with E-state index >= 15 is 0 Å². The Bertz CT molecular complexity index is 1600. The number of pyridine rings is 1. The molecule has 0 radical (unpaired) electrons. The first-order valence-corrected chi connectivity index (χ1v) is 14.3. The van der Waals surface area contributed by atoms with E-state index in [2.05, 4.69) is 9.97 Å². The minimum atomic E-state index is -0.459. The summed E-state index contributed by atoms with van der Waals surface area (Å²) in [5, 5.41) is 0.982. The first-order valence-electron chi connectivity index (χ1n) is 14.3. The highest BCUT2D eigenvalue weighted by atomic mass is 16.2. The van der Waals surface area contributed by atoms with E-state index in [1.165, 1.54) is 0 Å². The van der Waals surface area contributed by atoms with E-state index in [1.54, 1.807) is 6.20 Å². The number of piperazine rings is 1. The van der Waals surface area contributed by atoms with Gasteiger partial charge in [-0.15, -0.1) is 0 Å². The molecule has 2 saturated heterocycles. The van der Waals surface area contributed by atoms with Gasteiger partial charge in [0, 0.05) is 42.2 Å². The van der Waals surface area contributed by atoms with Crippen molar-refractivity contribution < 1.29 is 14.4 Å². The molecule has 210 valence electrons. The molecular weight excluding hydrogens is 512 g/mol. The van der Waals surface area contributed by atoms with Crippen LogP contribution in [0.25, 0.3) is 22.0 Å². The molecule has 2 aliphatic heterocycles. The van der Waals surface area contributed by atoms with Crippen LogP contribution < -0.4 is 0 Å². The maximum absolute atomic E-state index is 13.9. The Morgan fingerprint density at radius 1 is 0.927 bits per heavy atom. The molecule has 2 amide bonds. The number of likely N-dealkylation sites (tertiary alicyclic amines) is 2. The molecule has 3 atom stereocenters. The van der Waals surface area contributed by atoms with Crippen molar-refractivity contribution >= 4 is 28.5 Å². The Morgan fingerprint density at radius 3 is 2.27 bits per heavy atom. The van der Waals surface area contributed by atoms with E-state index in [0.29, 0.717) is 24.5 Å². The van der Waals surface area contributed by atoms with Crippen molar-refractivity contribution in [1.82, 2.24) is 19.8 Å². The minimum Gasteiger partial charge on any atom is -0.352 e. The number of fused-ring (bicyclic) bond motifs is 3. The number of rotatable bonds is 6. The lowest BCUT2D eigenvalue weighted by Gasteiger charge is -2.39. The number of para-hydroxylation sites is 1. The molecule has 2 aromatic carbocycles. The summed E-state index contributed by atoms with van der Waals surface area (Å²) < 4.78 is 0. The Hall–Kier alpha value is -4.26. The molecule has 4 heterocycles. The van der Waals surface area contributed by atoms with Gasteiger partial charge in [0.25, 0.3) is 5.91 Å². The van der Waals surface area contributed by atoms with Crippen LogP contribution in [0, 0.1) is 18.3 Å². The van der Waals surface area contributed by atoms with Crippen molar-refractivity contribution in [2.45, 2.75) is 52.6 Å². The van der Waals surface area contributed by atoms with Crippen LogP contribution >= 0.6 is 0 Å². The zero-order chi connectivity index (χ0) is 28.9. The number of H-pyrrole nitrogens is 1. The summed E-state index contributed by atoms with van der Waals surface area (Å²) in [7, 11) is 0. The van der Waals surface area contributed by atoms with Gasteiger partial charge in [-0.25, -0.2) is 0 Å². The van der Waals surface area contributed by atoms with E-state index in [1.807, 2.05) is 104 Å². The lowest BCUT2D eigenvalue weighted by atomic mass is 9.76. The third-order valence-electron chi connectivity index (χ3n) is 8.74. The fourth-order valence-corrected chi connectivity index (χ4v) is 6.39. The van der Waals surface area contributed by atoms with Crippen molar-refractivity contribution in [3.63, 3.8) is 0 Å².